The Balaban J connectivity index is 0. The van der Waals surface area contributed by atoms with Crippen LogP contribution in [0.25, 0.3) is 5.32 Å². The molecule has 1 rings (SSSR count). The summed E-state index contributed by atoms with van der Waals surface area (Å²) in [4.78, 5) is 0. The fraction of sp³-hybridized carbons (Fsp3) is 0.692. The molecule has 0 aliphatic heterocycles. The van der Waals surface area contributed by atoms with Gasteiger partial charge in [0.2, 0.25) is 0 Å². The summed E-state index contributed by atoms with van der Waals surface area (Å²) in [7, 11) is 0. The van der Waals surface area contributed by atoms with Crippen LogP contribution in [0.1, 0.15) is 39.5 Å². The van der Waals surface area contributed by atoms with Crippen LogP contribution in [0, 0.1) is 5.41 Å². The molecular formula is C13H22ClNZr. The third-order valence-corrected chi connectivity index (χ3v) is 2.92. The van der Waals surface area contributed by atoms with Crippen LogP contribution < -0.4 is 12.4 Å². The van der Waals surface area contributed by atoms with Crippen molar-refractivity contribution in [2.24, 2.45) is 5.41 Å². The number of rotatable bonds is 7. The van der Waals surface area contributed by atoms with Crippen molar-refractivity contribution in [1.29, 1.82) is 0 Å². The average Bonchev–Trinajstić information content (AvgIpc) is 2.65. The van der Waals surface area contributed by atoms with Gasteiger partial charge in [0, 0.05) is 5.41 Å². The zero-order valence-corrected chi connectivity index (χ0v) is 13.6. The van der Waals surface area contributed by atoms with Gasteiger partial charge in [-0.05, 0) is 6.42 Å². The quantitative estimate of drug-likeness (QED) is 0.624. The molecule has 16 heavy (non-hydrogen) atoms. The zero-order valence-electron chi connectivity index (χ0n) is 10.4. The van der Waals surface area contributed by atoms with E-state index < -0.39 is 0 Å². The molecule has 0 N–H and O–H groups in total. The van der Waals surface area contributed by atoms with Crippen LogP contribution in [0.3, 0.4) is 0 Å². The number of allylic oxidation sites excluding steroid dienone is 4. The van der Waals surface area contributed by atoms with Crippen molar-refractivity contribution in [3.05, 3.63) is 29.6 Å². The topological polar surface area (TPSA) is 14.1 Å². The average molecular weight is 319 g/mol. The molecule has 0 aromatic heterocycles. The van der Waals surface area contributed by atoms with E-state index in [-0.39, 0.29) is 38.6 Å². The molecule has 0 amide bonds. The first-order chi connectivity index (χ1) is 6.83. The fourth-order valence-corrected chi connectivity index (χ4v) is 1.96. The maximum absolute atomic E-state index is 4.42. The SMILES string of the molecule is CCCCC1(CC[N-]CC)C=CC=C1.[Cl-].[Zr+2]. The second kappa shape index (κ2) is 10.7. The smallest absolute Gasteiger partial charge is 1.00 e. The molecule has 3 heteroatoms. The maximum Gasteiger partial charge on any atom is 2.00 e. The Morgan fingerprint density at radius 2 is 1.69 bits per heavy atom. The van der Waals surface area contributed by atoms with E-state index in [9.17, 15) is 0 Å². The van der Waals surface area contributed by atoms with Gasteiger partial charge in [-0.3, -0.25) is 0 Å². The molecule has 0 aromatic carbocycles. The first-order valence-electron chi connectivity index (χ1n) is 5.83. The number of unbranched alkanes of at least 4 members (excludes halogenated alkanes) is 1. The normalized spacial score (nSPS) is 15.6. The van der Waals surface area contributed by atoms with E-state index in [4.69, 9.17) is 0 Å². The molecule has 0 radical (unpaired) electrons. The van der Waals surface area contributed by atoms with Crippen molar-refractivity contribution in [3.63, 3.8) is 0 Å². The van der Waals surface area contributed by atoms with Gasteiger partial charge in [-0.2, -0.15) is 6.54 Å². The van der Waals surface area contributed by atoms with Crippen molar-refractivity contribution >= 4 is 0 Å². The monoisotopic (exact) mass is 317 g/mol. The van der Waals surface area contributed by atoms with Gasteiger partial charge < -0.3 is 17.7 Å². The predicted molar refractivity (Wildman–Crippen MR) is 63.6 cm³/mol. The van der Waals surface area contributed by atoms with Gasteiger partial charge in [0.05, 0.1) is 0 Å². The van der Waals surface area contributed by atoms with Crippen LogP contribution in [0.5, 0.6) is 0 Å². The van der Waals surface area contributed by atoms with Crippen molar-refractivity contribution in [1.82, 2.24) is 0 Å². The summed E-state index contributed by atoms with van der Waals surface area (Å²) in [5.74, 6) is 0. The minimum atomic E-state index is 0. The molecule has 0 saturated heterocycles. The van der Waals surface area contributed by atoms with Gasteiger partial charge >= 0.3 is 26.2 Å². The van der Waals surface area contributed by atoms with Crippen LogP contribution >= 0.6 is 0 Å². The van der Waals surface area contributed by atoms with Crippen LogP contribution in [-0.4, -0.2) is 13.1 Å². The molecule has 0 atom stereocenters. The minimum Gasteiger partial charge on any atom is -1.00 e. The van der Waals surface area contributed by atoms with Crippen LogP contribution in [-0.2, 0) is 26.2 Å². The van der Waals surface area contributed by atoms with Crippen molar-refractivity contribution < 1.29 is 38.6 Å². The van der Waals surface area contributed by atoms with Crippen LogP contribution in [0.2, 0.25) is 0 Å². The van der Waals surface area contributed by atoms with Crippen molar-refractivity contribution in [2.75, 3.05) is 13.1 Å². The van der Waals surface area contributed by atoms with E-state index >= 15 is 0 Å². The van der Waals surface area contributed by atoms with E-state index in [0.717, 1.165) is 13.1 Å². The fourth-order valence-electron chi connectivity index (χ4n) is 1.96. The van der Waals surface area contributed by atoms with Gasteiger partial charge in [0.1, 0.15) is 0 Å². The van der Waals surface area contributed by atoms with Gasteiger partial charge in [0.15, 0.2) is 0 Å². The van der Waals surface area contributed by atoms with E-state index in [1.165, 1.54) is 25.7 Å². The molecule has 0 saturated carbocycles. The van der Waals surface area contributed by atoms with Gasteiger partial charge in [-0.1, -0.05) is 57.4 Å². The summed E-state index contributed by atoms with van der Waals surface area (Å²) in [5.41, 5.74) is 0.342. The third kappa shape index (κ3) is 6.37. The molecule has 1 nitrogen and oxygen atoms in total. The predicted octanol–water partition coefficient (Wildman–Crippen LogP) is 1.07. The first-order valence-corrected chi connectivity index (χ1v) is 5.83. The Bertz CT molecular complexity index is 202. The largest absolute Gasteiger partial charge is 2.00 e. The number of hydrogen-bond acceptors (Lipinski definition) is 0. The molecule has 0 heterocycles. The molecule has 0 bridgehead atoms. The summed E-state index contributed by atoms with van der Waals surface area (Å²) < 4.78 is 0. The summed E-state index contributed by atoms with van der Waals surface area (Å²) in [6.07, 6.45) is 14.2. The summed E-state index contributed by atoms with van der Waals surface area (Å²) in [6, 6.07) is 0. The number of halogens is 1. The second-order valence-electron chi connectivity index (χ2n) is 4.07. The third-order valence-electron chi connectivity index (χ3n) is 2.92. The molecular weight excluding hydrogens is 297 g/mol. The molecule has 0 aromatic rings. The second-order valence-corrected chi connectivity index (χ2v) is 4.07. The van der Waals surface area contributed by atoms with Crippen molar-refractivity contribution in [3.8, 4) is 0 Å². The van der Waals surface area contributed by atoms with Crippen LogP contribution in [0.4, 0.5) is 0 Å². The summed E-state index contributed by atoms with van der Waals surface area (Å²) >= 11 is 0. The van der Waals surface area contributed by atoms with Crippen LogP contribution in [0.15, 0.2) is 24.3 Å². The number of nitrogens with zero attached hydrogens (tertiary/aromatic N) is 1. The first kappa shape index (κ1) is 19.0. The van der Waals surface area contributed by atoms with E-state index in [1.54, 1.807) is 0 Å². The Labute approximate surface area is 126 Å². The summed E-state index contributed by atoms with van der Waals surface area (Å²) in [5, 5.41) is 4.42. The molecule has 0 unspecified atom stereocenters. The molecule has 90 valence electrons. The van der Waals surface area contributed by atoms with E-state index in [0.29, 0.717) is 5.41 Å². The maximum atomic E-state index is 4.42. The number of hydrogen-bond donors (Lipinski definition) is 0. The van der Waals surface area contributed by atoms with Gasteiger partial charge in [0.25, 0.3) is 0 Å². The Kier molecular flexibility index (Phi) is 12.7. The Morgan fingerprint density at radius 3 is 2.19 bits per heavy atom. The zero-order chi connectivity index (χ0) is 10.3. The molecule has 0 spiro atoms. The summed E-state index contributed by atoms with van der Waals surface area (Å²) in [6.45, 7) is 6.33. The van der Waals surface area contributed by atoms with E-state index in [2.05, 4.69) is 43.5 Å². The van der Waals surface area contributed by atoms with Gasteiger partial charge in [-0.25, -0.2) is 0 Å². The van der Waals surface area contributed by atoms with Crippen molar-refractivity contribution in [2.45, 2.75) is 39.5 Å². The molecule has 1 aliphatic carbocycles. The molecule has 1 aliphatic rings. The Morgan fingerprint density at radius 1 is 1.06 bits per heavy atom. The molecule has 0 fully saturated rings. The minimum absolute atomic E-state index is 0. The van der Waals surface area contributed by atoms with Gasteiger partial charge in [-0.15, -0.1) is 6.54 Å². The van der Waals surface area contributed by atoms with E-state index in [1.807, 2.05) is 0 Å². The Hall–Kier alpha value is 0.613. The standard InChI is InChI=1S/C13H22N.ClH.Zr/c1-3-5-8-13(9-6-7-10-13)11-12-14-4-2;;/h6-7,9-10H,3-5,8,11-12H2,1-2H3;1H;/q-1;;+2/p-1.